The van der Waals surface area contributed by atoms with E-state index in [1.165, 1.54) is 83.5 Å². The summed E-state index contributed by atoms with van der Waals surface area (Å²) < 4.78 is 10.6. The molecule has 55 heavy (non-hydrogen) atoms. The van der Waals surface area contributed by atoms with Crippen LogP contribution in [0.5, 0.6) is 0 Å². The lowest BCUT2D eigenvalue weighted by molar-refractivity contribution is -0.161. The Morgan fingerprint density at radius 1 is 0.436 bits per heavy atom. The van der Waals surface area contributed by atoms with Crippen LogP contribution in [0.15, 0.2) is 85.1 Å². The molecule has 0 bridgehead atoms. The first-order valence-corrected chi connectivity index (χ1v) is 22.6. The maximum Gasteiger partial charge on any atom is 0.306 e. The van der Waals surface area contributed by atoms with Gasteiger partial charge in [-0.15, -0.1) is 0 Å². The van der Waals surface area contributed by atoms with Crippen molar-refractivity contribution in [3.63, 3.8) is 0 Å². The number of esters is 2. The van der Waals surface area contributed by atoms with Gasteiger partial charge in [-0.3, -0.25) is 9.59 Å². The zero-order chi connectivity index (χ0) is 40.0. The first-order chi connectivity index (χ1) is 27.1. The minimum Gasteiger partial charge on any atom is -0.462 e. The maximum absolute atomic E-state index is 12.2. The van der Waals surface area contributed by atoms with E-state index < -0.39 is 6.10 Å². The van der Waals surface area contributed by atoms with Crippen molar-refractivity contribution in [2.24, 2.45) is 0 Å². The van der Waals surface area contributed by atoms with Crippen LogP contribution < -0.4 is 0 Å². The highest BCUT2D eigenvalue weighted by Gasteiger charge is 2.16. The van der Waals surface area contributed by atoms with Crippen LogP contribution in [-0.2, 0) is 19.1 Å². The molecule has 0 aromatic heterocycles. The topological polar surface area (TPSA) is 72.8 Å². The number of ether oxygens (including phenoxy) is 2. The molecule has 0 aromatic carbocycles. The van der Waals surface area contributed by atoms with Crippen molar-refractivity contribution in [3.05, 3.63) is 85.1 Å². The molecule has 1 unspecified atom stereocenters. The van der Waals surface area contributed by atoms with Crippen LogP contribution in [0.4, 0.5) is 0 Å². The Hall–Kier alpha value is -2.92. The smallest absolute Gasteiger partial charge is 0.306 e. The lowest BCUT2D eigenvalue weighted by atomic mass is 10.0. The van der Waals surface area contributed by atoms with Gasteiger partial charge in [-0.2, -0.15) is 0 Å². The third kappa shape index (κ3) is 43.7. The van der Waals surface area contributed by atoms with E-state index in [4.69, 9.17) is 9.47 Å². The first kappa shape index (κ1) is 52.1. The van der Waals surface area contributed by atoms with Crippen molar-refractivity contribution in [2.45, 2.75) is 206 Å². The lowest BCUT2D eigenvalue weighted by Crippen LogP contribution is -2.28. The van der Waals surface area contributed by atoms with E-state index >= 15 is 0 Å². The van der Waals surface area contributed by atoms with Crippen molar-refractivity contribution in [2.75, 3.05) is 13.2 Å². The summed E-state index contributed by atoms with van der Waals surface area (Å²) in [7, 11) is 0. The quantitative estimate of drug-likeness (QED) is 0.0382. The van der Waals surface area contributed by atoms with Crippen molar-refractivity contribution in [1.29, 1.82) is 0 Å². The number of allylic oxidation sites excluding steroid dienone is 14. The Kier molecular flexibility index (Phi) is 43.1. The predicted octanol–water partition coefficient (Wildman–Crippen LogP) is 14.7. The Labute approximate surface area is 339 Å². The van der Waals surface area contributed by atoms with E-state index in [2.05, 4.69) is 98.9 Å². The van der Waals surface area contributed by atoms with Crippen LogP contribution in [-0.4, -0.2) is 36.4 Å². The third-order valence-electron chi connectivity index (χ3n) is 9.45. The van der Waals surface area contributed by atoms with Crippen molar-refractivity contribution in [3.8, 4) is 0 Å². The normalized spacial score (nSPS) is 13.0. The number of aliphatic hydroxyl groups excluding tert-OH is 1. The number of hydrogen-bond donors (Lipinski definition) is 1. The number of hydrogen-bond acceptors (Lipinski definition) is 5. The molecule has 0 aliphatic rings. The van der Waals surface area contributed by atoms with Crippen molar-refractivity contribution >= 4 is 11.9 Å². The van der Waals surface area contributed by atoms with Crippen molar-refractivity contribution < 1.29 is 24.2 Å². The van der Waals surface area contributed by atoms with E-state index in [1.807, 2.05) is 0 Å². The molecule has 5 heteroatoms. The standard InChI is InChI=1S/C50H84O5/c1-3-5-7-9-11-13-15-17-18-19-20-21-22-23-24-25-26-27-28-29-30-31-32-33-35-37-39-41-43-45-50(53)55-48(46-51)47-54-49(52)44-42-40-38-36-34-16-14-12-10-8-6-4-2/h5,7,11,13,17-18,20-21,23-24,26-27,29-30,48,51H,3-4,6,8-10,12,14-16,19,22,25,28,31-47H2,1-2H3/b7-5-,13-11-,18-17-,21-20-,24-23-,27-26-,30-29-. The lowest BCUT2D eigenvalue weighted by Gasteiger charge is -2.15. The number of carbonyl (C=O) groups excluding carboxylic acids is 2. The van der Waals surface area contributed by atoms with Gasteiger partial charge in [0.15, 0.2) is 6.10 Å². The fraction of sp³-hybridized carbons (Fsp3) is 0.680. The monoisotopic (exact) mass is 765 g/mol. The first-order valence-electron chi connectivity index (χ1n) is 22.6. The van der Waals surface area contributed by atoms with Gasteiger partial charge in [0.05, 0.1) is 6.61 Å². The molecule has 1 N–H and O–H groups in total. The summed E-state index contributed by atoms with van der Waals surface area (Å²) >= 11 is 0. The van der Waals surface area contributed by atoms with Gasteiger partial charge >= 0.3 is 11.9 Å². The Morgan fingerprint density at radius 2 is 0.782 bits per heavy atom. The Balaban J connectivity index is 3.60. The molecule has 1 atom stereocenters. The molecule has 0 rings (SSSR count). The van der Waals surface area contributed by atoms with Crippen LogP contribution in [0.1, 0.15) is 200 Å². The minimum absolute atomic E-state index is 0.0724. The summed E-state index contributed by atoms with van der Waals surface area (Å²) in [5.74, 6) is -0.606. The van der Waals surface area contributed by atoms with Gasteiger partial charge in [-0.25, -0.2) is 0 Å². The van der Waals surface area contributed by atoms with Crippen LogP contribution in [0.3, 0.4) is 0 Å². The molecular weight excluding hydrogens is 681 g/mol. The molecule has 0 fully saturated rings. The second kappa shape index (κ2) is 45.5. The fourth-order valence-corrected chi connectivity index (χ4v) is 6.06. The summed E-state index contributed by atoms with van der Waals surface area (Å²) in [6.45, 7) is 4.00. The molecule has 314 valence electrons. The summed E-state index contributed by atoms with van der Waals surface area (Å²) in [6.07, 6.45) is 62.3. The fourth-order valence-electron chi connectivity index (χ4n) is 6.06. The third-order valence-corrected chi connectivity index (χ3v) is 9.45. The van der Waals surface area contributed by atoms with Gasteiger partial charge in [0.25, 0.3) is 0 Å². The highest BCUT2D eigenvalue weighted by molar-refractivity contribution is 5.70. The molecule has 0 aromatic rings. The molecule has 0 radical (unpaired) electrons. The molecule has 0 saturated heterocycles. The zero-order valence-electron chi connectivity index (χ0n) is 35.7. The average Bonchev–Trinajstić information content (AvgIpc) is 3.19. The summed E-state index contributed by atoms with van der Waals surface area (Å²) in [5.41, 5.74) is 0. The predicted molar refractivity (Wildman–Crippen MR) is 237 cm³/mol. The number of rotatable bonds is 40. The second-order valence-electron chi connectivity index (χ2n) is 14.8. The van der Waals surface area contributed by atoms with E-state index in [1.54, 1.807) is 0 Å². The molecule has 0 spiro atoms. The maximum atomic E-state index is 12.2. The van der Waals surface area contributed by atoms with Gasteiger partial charge in [0, 0.05) is 12.8 Å². The molecule has 0 amide bonds. The number of carbonyl (C=O) groups is 2. The van der Waals surface area contributed by atoms with Crippen molar-refractivity contribution in [1.82, 2.24) is 0 Å². The molecule has 0 aliphatic heterocycles. The van der Waals surface area contributed by atoms with Crippen LogP contribution in [0.25, 0.3) is 0 Å². The summed E-state index contributed by atoms with van der Waals surface area (Å²) in [6, 6.07) is 0. The SMILES string of the molecule is CC/C=C\C/C=C\C/C=C\C/C=C\C/C=C\C/C=C\C/C=C\CCCCCCCCCC(=O)OC(CO)COC(=O)CCCCCCCCCCCCCC. The number of aliphatic hydroxyl groups is 1. The van der Waals surface area contributed by atoms with E-state index in [-0.39, 0.29) is 25.2 Å². The minimum atomic E-state index is -0.780. The van der Waals surface area contributed by atoms with Gasteiger partial charge in [-0.05, 0) is 70.6 Å². The highest BCUT2D eigenvalue weighted by Crippen LogP contribution is 2.14. The van der Waals surface area contributed by atoms with Gasteiger partial charge < -0.3 is 14.6 Å². The average molecular weight is 765 g/mol. The molecule has 0 saturated carbocycles. The number of unbranched alkanes of at least 4 members (excludes halogenated alkanes) is 18. The van der Waals surface area contributed by atoms with Gasteiger partial charge in [0.1, 0.15) is 6.61 Å². The Bertz CT molecular complexity index is 1050. The molecular formula is C50H84O5. The summed E-state index contributed by atoms with van der Waals surface area (Å²) in [5, 5.41) is 9.57. The van der Waals surface area contributed by atoms with Crippen LogP contribution in [0.2, 0.25) is 0 Å². The molecule has 0 heterocycles. The zero-order valence-corrected chi connectivity index (χ0v) is 35.7. The van der Waals surface area contributed by atoms with Crippen LogP contribution >= 0.6 is 0 Å². The Morgan fingerprint density at radius 3 is 1.18 bits per heavy atom. The van der Waals surface area contributed by atoms with E-state index in [9.17, 15) is 14.7 Å². The summed E-state index contributed by atoms with van der Waals surface area (Å²) in [4.78, 5) is 24.3. The largest absolute Gasteiger partial charge is 0.462 e. The van der Waals surface area contributed by atoms with Crippen LogP contribution in [0, 0.1) is 0 Å². The van der Waals surface area contributed by atoms with E-state index in [0.29, 0.717) is 12.8 Å². The highest BCUT2D eigenvalue weighted by atomic mass is 16.6. The second-order valence-corrected chi connectivity index (χ2v) is 14.8. The van der Waals surface area contributed by atoms with E-state index in [0.717, 1.165) is 89.9 Å². The van der Waals surface area contributed by atoms with Gasteiger partial charge in [-0.1, -0.05) is 202 Å². The molecule has 0 aliphatic carbocycles. The molecule has 5 nitrogen and oxygen atoms in total. The van der Waals surface area contributed by atoms with Gasteiger partial charge in [0.2, 0.25) is 0 Å².